The number of rotatable bonds is 7. The molecule has 98 valence electrons. The molecule has 2 aromatic heterocycles. The smallest absolute Gasteiger partial charge is 0.186 e. The summed E-state index contributed by atoms with van der Waals surface area (Å²) in [6.45, 7) is 3.96. The second-order valence-electron chi connectivity index (χ2n) is 4.00. The fraction of sp³-hybridized carbons (Fsp3) is 0.500. The summed E-state index contributed by atoms with van der Waals surface area (Å²) in [6, 6.07) is 4.04. The van der Waals surface area contributed by atoms with Crippen molar-refractivity contribution in [2.45, 2.75) is 30.8 Å². The molecule has 0 amide bonds. The summed E-state index contributed by atoms with van der Waals surface area (Å²) in [5, 5.41) is 8.24. The van der Waals surface area contributed by atoms with Gasteiger partial charge in [0.05, 0.1) is 12.3 Å². The highest BCUT2D eigenvalue weighted by atomic mass is 32.2. The maximum atomic E-state index is 5.73. The summed E-state index contributed by atoms with van der Waals surface area (Å²) in [5.74, 6) is 2.73. The maximum Gasteiger partial charge on any atom is 0.186 e. The van der Waals surface area contributed by atoms with Crippen LogP contribution in [0.4, 0.5) is 0 Å². The number of aryl methyl sites for hydroxylation is 1. The average molecular weight is 266 g/mol. The Morgan fingerprint density at radius 3 is 2.94 bits per heavy atom. The molecule has 0 aliphatic carbocycles. The number of furan rings is 1. The van der Waals surface area contributed by atoms with Crippen LogP contribution in [0.15, 0.2) is 28.0 Å². The van der Waals surface area contributed by atoms with E-state index >= 15 is 0 Å². The van der Waals surface area contributed by atoms with Crippen LogP contribution in [0.1, 0.15) is 24.9 Å². The van der Waals surface area contributed by atoms with E-state index in [1.54, 1.807) is 22.8 Å². The van der Waals surface area contributed by atoms with Gasteiger partial charge in [0, 0.05) is 7.05 Å². The molecule has 5 nitrogen and oxygen atoms in total. The molecule has 18 heavy (non-hydrogen) atoms. The zero-order chi connectivity index (χ0) is 12.8. The quantitative estimate of drug-likeness (QED) is 0.615. The van der Waals surface area contributed by atoms with Gasteiger partial charge >= 0.3 is 0 Å². The van der Waals surface area contributed by atoms with Crippen LogP contribution in [0.25, 0.3) is 0 Å². The Hall–Kier alpha value is -1.27. The van der Waals surface area contributed by atoms with Crippen molar-refractivity contribution in [3.05, 3.63) is 30.0 Å². The maximum absolute atomic E-state index is 5.73. The van der Waals surface area contributed by atoms with E-state index in [4.69, 9.17) is 4.42 Å². The fourth-order valence-electron chi connectivity index (χ4n) is 1.54. The summed E-state index contributed by atoms with van der Waals surface area (Å²) in [6.07, 6.45) is 2.69. The van der Waals surface area contributed by atoms with Crippen LogP contribution in [-0.4, -0.2) is 21.3 Å². The van der Waals surface area contributed by atoms with Gasteiger partial charge in [-0.25, -0.2) is 9.67 Å². The van der Waals surface area contributed by atoms with Crippen molar-refractivity contribution in [1.29, 1.82) is 0 Å². The van der Waals surface area contributed by atoms with Crippen molar-refractivity contribution in [3.8, 4) is 0 Å². The number of nitrogens with zero attached hydrogens (tertiary/aromatic N) is 3. The van der Waals surface area contributed by atoms with Crippen molar-refractivity contribution in [2.75, 3.05) is 6.54 Å². The monoisotopic (exact) mass is 266 g/mol. The van der Waals surface area contributed by atoms with E-state index in [2.05, 4.69) is 22.3 Å². The number of hydrogen-bond acceptors (Lipinski definition) is 5. The molecular formula is C12H18N4OS. The summed E-state index contributed by atoms with van der Waals surface area (Å²) >= 11 is 1.62. The molecular weight excluding hydrogens is 248 g/mol. The first kappa shape index (κ1) is 13.2. The summed E-state index contributed by atoms with van der Waals surface area (Å²) < 4.78 is 7.49. The zero-order valence-corrected chi connectivity index (χ0v) is 11.5. The molecule has 0 aliphatic rings. The second kappa shape index (κ2) is 6.61. The Morgan fingerprint density at radius 1 is 1.39 bits per heavy atom. The summed E-state index contributed by atoms with van der Waals surface area (Å²) in [7, 11) is 1.89. The number of aromatic nitrogens is 3. The molecule has 2 rings (SSSR count). The van der Waals surface area contributed by atoms with Gasteiger partial charge in [-0.1, -0.05) is 18.7 Å². The average Bonchev–Trinajstić information content (AvgIpc) is 2.96. The highest BCUT2D eigenvalue weighted by Gasteiger charge is 2.05. The molecule has 6 heteroatoms. The van der Waals surface area contributed by atoms with E-state index in [1.165, 1.54) is 0 Å². The SMILES string of the molecule is CCCNCc1ccc(CSc2ncnn2C)o1. The molecule has 0 atom stereocenters. The molecule has 2 aromatic rings. The first-order valence-corrected chi connectivity index (χ1v) is 7.03. The van der Waals surface area contributed by atoms with Gasteiger partial charge in [-0.15, -0.1) is 0 Å². The number of thioether (sulfide) groups is 1. The minimum absolute atomic E-state index is 0.778. The van der Waals surface area contributed by atoms with Gasteiger partial charge in [0.15, 0.2) is 5.16 Å². The molecule has 0 saturated carbocycles. The highest BCUT2D eigenvalue weighted by Crippen LogP contribution is 2.21. The van der Waals surface area contributed by atoms with Crippen LogP contribution in [-0.2, 0) is 19.3 Å². The van der Waals surface area contributed by atoms with Crippen LogP contribution in [0, 0.1) is 0 Å². The molecule has 0 spiro atoms. The number of nitrogens with one attached hydrogen (secondary N) is 1. The van der Waals surface area contributed by atoms with Gasteiger partial charge in [-0.2, -0.15) is 5.10 Å². The third kappa shape index (κ3) is 3.61. The third-order valence-corrected chi connectivity index (χ3v) is 3.51. The van der Waals surface area contributed by atoms with E-state index in [9.17, 15) is 0 Å². The van der Waals surface area contributed by atoms with Gasteiger partial charge in [-0.3, -0.25) is 0 Å². The van der Waals surface area contributed by atoms with Crippen LogP contribution >= 0.6 is 11.8 Å². The molecule has 0 saturated heterocycles. The Balaban J connectivity index is 1.81. The Morgan fingerprint density at radius 2 is 2.22 bits per heavy atom. The topological polar surface area (TPSA) is 55.9 Å². The Bertz CT molecular complexity index is 480. The van der Waals surface area contributed by atoms with Gasteiger partial charge in [-0.05, 0) is 25.1 Å². The predicted molar refractivity (Wildman–Crippen MR) is 71.3 cm³/mol. The van der Waals surface area contributed by atoms with Crippen molar-refractivity contribution >= 4 is 11.8 Å². The first-order valence-electron chi connectivity index (χ1n) is 6.04. The van der Waals surface area contributed by atoms with E-state index in [-0.39, 0.29) is 0 Å². The van der Waals surface area contributed by atoms with Gasteiger partial charge < -0.3 is 9.73 Å². The van der Waals surface area contributed by atoms with Crippen LogP contribution in [0.5, 0.6) is 0 Å². The lowest BCUT2D eigenvalue weighted by atomic mass is 10.4. The standard InChI is InChI=1S/C12H18N4OS/c1-3-6-13-7-10-4-5-11(17-10)8-18-12-14-9-15-16(12)2/h4-5,9,13H,3,6-8H2,1-2H3. The lowest BCUT2D eigenvalue weighted by molar-refractivity contribution is 0.459. The van der Waals surface area contributed by atoms with Gasteiger partial charge in [0.25, 0.3) is 0 Å². The molecule has 0 aromatic carbocycles. The normalized spacial score (nSPS) is 11.0. The van der Waals surface area contributed by atoms with E-state index in [0.29, 0.717) is 0 Å². The van der Waals surface area contributed by atoms with Crippen molar-refractivity contribution in [1.82, 2.24) is 20.1 Å². The van der Waals surface area contributed by atoms with Crippen LogP contribution < -0.4 is 5.32 Å². The summed E-state index contributed by atoms with van der Waals surface area (Å²) in [4.78, 5) is 4.16. The minimum Gasteiger partial charge on any atom is -0.464 e. The molecule has 0 aliphatic heterocycles. The lowest BCUT2D eigenvalue weighted by Gasteiger charge is -2.00. The molecule has 0 radical (unpaired) electrons. The van der Waals surface area contributed by atoms with E-state index in [1.807, 2.05) is 19.2 Å². The minimum atomic E-state index is 0.778. The molecule has 2 heterocycles. The van der Waals surface area contributed by atoms with Crippen molar-refractivity contribution in [2.24, 2.45) is 7.05 Å². The summed E-state index contributed by atoms with van der Waals surface area (Å²) in [5.41, 5.74) is 0. The second-order valence-corrected chi connectivity index (χ2v) is 4.94. The van der Waals surface area contributed by atoms with Gasteiger partial charge in [0.2, 0.25) is 0 Å². The van der Waals surface area contributed by atoms with Crippen molar-refractivity contribution < 1.29 is 4.42 Å². The largest absolute Gasteiger partial charge is 0.464 e. The van der Waals surface area contributed by atoms with Crippen LogP contribution in [0.3, 0.4) is 0 Å². The highest BCUT2D eigenvalue weighted by molar-refractivity contribution is 7.98. The molecule has 0 unspecified atom stereocenters. The molecule has 1 N–H and O–H groups in total. The molecule has 0 bridgehead atoms. The van der Waals surface area contributed by atoms with Crippen molar-refractivity contribution in [3.63, 3.8) is 0 Å². The van der Waals surface area contributed by atoms with Gasteiger partial charge in [0.1, 0.15) is 17.8 Å². The predicted octanol–water partition coefficient (Wildman–Crippen LogP) is 2.20. The zero-order valence-electron chi connectivity index (χ0n) is 10.7. The van der Waals surface area contributed by atoms with E-state index in [0.717, 1.165) is 41.9 Å². The Labute approximate surface area is 111 Å². The fourth-order valence-corrected chi connectivity index (χ4v) is 2.32. The Kier molecular flexibility index (Phi) is 4.83. The molecule has 0 fully saturated rings. The number of hydrogen-bond donors (Lipinski definition) is 1. The third-order valence-electron chi connectivity index (χ3n) is 2.46. The van der Waals surface area contributed by atoms with E-state index < -0.39 is 0 Å². The lowest BCUT2D eigenvalue weighted by Crippen LogP contribution is -2.12. The first-order chi connectivity index (χ1) is 8.79. The van der Waals surface area contributed by atoms with Crippen LogP contribution in [0.2, 0.25) is 0 Å².